The molecule has 298 valence electrons. The van der Waals surface area contributed by atoms with Crippen molar-refractivity contribution in [1.82, 2.24) is 19.9 Å². The summed E-state index contributed by atoms with van der Waals surface area (Å²) in [4.78, 5) is 18.1. The first-order chi connectivity index (χ1) is 30.2. The van der Waals surface area contributed by atoms with E-state index in [1.54, 1.807) is 49.1 Å². The summed E-state index contributed by atoms with van der Waals surface area (Å²) in [6.07, 6.45) is 6.64. The van der Waals surface area contributed by atoms with Gasteiger partial charge in [0, 0.05) is 68.9 Å². The third-order valence-corrected chi connectivity index (χ3v) is 11.0. The van der Waals surface area contributed by atoms with Crippen molar-refractivity contribution in [1.29, 1.82) is 0 Å². The average molecular weight is 827 g/mol. The van der Waals surface area contributed by atoms with E-state index in [4.69, 9.17) is 8.83 Å². The lowest BCUT2D eigenvalue weighted by atomic mass is 9.99. The third kappa shape index (κ3) is 6.14. The molecule has 6 nitrogen and oxygen atoms in total. The van der Waals surface area contributed by atoms with Gasteiger partial charge in [-0.15, -0.1) is 0 Å². The summed E-state index contributed by atoms with van der Waals surface area (Å²) in [6, 6.07) is 33.7. The SMILES string of the molecule is Fc1cc(-c2ccc(-c3ccc4oc5c(-c6ccc(-c7ccnc8c7oc7ccc(-c9ccc(-c%10cc(F)c(F)c(F)c%10)nc9)cc78)cc6)ccnc5c4c3)cn2)cc(F)c1F. The summed E-state index contributed by atoms with van der Waals surface area (Å²) in [5, 5.41) is 1.59. The number of nitrogens with zero attached hydrogens (tertiary/aromatic N) is 4. The Kier molecular flexibility index (Phi) is 8.50. The van der Waals surface area contributed by atoms with E-state index in [-0.39, 0.29) is 11.1 Å². The predicted octanol–water partition coefficient (Wildman–Crippen LogP) is 13.9. The van der Waals surface area contributed by atoms with Crippen LogP contribution in [0.5, 0.6) is 0 Å². The van der Waals surface area contributed by atoms with Gasteiger partial charge in [-0.25, -0.2) is 26.3 Å². The average Bonchev–Trinajstić information content (AvgIpc) is 3.88. The van der Waals surface area contributed by atoms with Crippen molar-refractivity contribution >= 4 is 44.1 Å². The Bertz CT molecular complexity index is 3300. The second-order valence-corrected chi connectivity index (χ2v) is 14.6. The van der Waals surface area contributed by atoms with Gasteiger partial charge in [0.2, 0.25) is 0 Å². The van der Waals surface area contributed by atoms with Crippen LogP contribution >= 0.6 is 0 Å². The summed E-state index contributed by atoms with van der Waals surface area (Å²) in [5.41, 5.74) is 11.3. The van der Waals surface area contributed by atoms with Crippen LogP contribution < -0.4 is 0 Å². The minimum Gasteiger partial charge on any atom is -0.454 e. The van der Waals surface area contributed by atoms with Crippen LogP contribution in [0.25, 0.3) is 111 Å². The Labute approximate surface area is 346 Å². The molecule has 11 aromatic rings. The van der Waals surface area contributed by atoms with Gasteiger partial charge in [-0.05, 0) is 95.1 Å². The number of pyridine rings is 4. The Balaban J connectivity index is 0.880. The van der Waals surface area contributed by atoms with Crippen molar-refractivity contribution in [2.75, 3.05) is 0 Å². The van der Waals surface area contributed by atoms with E-state index in [0.717, 1.165) is 79.5 Å². The van der Waals surface area contributed by atoms with Gasteiger partial charge in [-0.3, -0.25) is 19.9 Å². The molecule has 0 bridgehead atoms. The van der Waals surface area contributed by atoms with Gasteiger partial charge in [-0.2, -0.15) is 0 Å². The van der Waals surface area contributed by atoms with Crippen LogP contribution in [0.4, 0.5) is 26.3 Å². The zero-order valence-corrected chi connectivity index (χ0v) is 31.7. The van der Waals surface area contributed by atoms with Crippen LogP contribution in [0, 0.1) is 34.9 Å². The van der Waals surface area contributed by atoms with Crippen LogP contribution in [-0.4, -0.2) is 19.9 Å². The van der Waals surface area contributed by atoms with Gasteiger partial charge in [0.15, 0.2) is 46.1 Å². The standard InChI is InChI=1S/C50H24F6N4O2/c51-37-19-31(20-38(52)45(37)55)41-9-5-29(23-59-41)27-7-11-43-35(17-27)47-49(61-43)33(13-15-57-47)25-1-2-26(4-3-25)34-14-16-58-48-36-18-28(8-12-44(36)62-50(34)48)30-6-10-42(60-24-30)32-21-39(53)46(56)40(54)22-32/h1-24H. The van der Waals surface area contributed by atoms with E-state index in [2.05, 4.69) is 19.9 Å². The maximum atomic E-state index is 13.9. The first-order valence-electron chi connectivity index (χ1n) is 19.1. The molecule has 0 saturated heterocycles. The molecule has 0 atom stereocenters. The van der Waals surface area contributed by atoms with Gasteiger partial charge < -0.3 is 8.83 Å². The highest BCUT2D eigenvalue weighted by molar-refractivity contribution is 6.10. The molecule has 0 saturated carbocycles. The zero-order chi connectivity index (χ0) is 42.2. The van der Waals surface area contributed by atoms with Crippen molar-refractivity contribution in [2.45, 2.75) is 0 Å². The van der Waals surface area contributed by atoms with Crippen molar-refractivity contribution in [3.05, 3.63) is 181 Å². The molecule has 0 aliphatic carbocycles. The second-order valence-electron chi connectivity index (χ2n) is 14.6. The molecule has 0 radical (unpaired) electrons. The van der Waals surface area contributed by atoms with Crippen LogP contribution in [-0.2, 0) is 0 Å². The molecular weight excluding hydrogens is 803 g/mol. The summed E-state index contributed by atoms with van der Waals surface area (Å²) in [6.45, 7) is 0. The molecule has 62 heavy (non-hydrogen) atoms. The topological polar surface area (TPSA) is 77.8 Å². The molecule has 0 spiro atoms. The molecule has 5 aromatic carbocycles. The maximum Gasteiger partial charge on any atom is 0.194 e. The Morgan fingerprint density at radius 3 is 1.08 bits per heavy atom. The minimum absolute atomic E-state index is 0.124. The fraction of sp³-hybridized carbons (Fsp3) is 0. The van der Waals surface area contributed by atoms with Crippen LogP contribution in [0.15, 0.2) is 155 Å². The molecule has 0 aliphatic rings. The second kappa shape index (κ2) is 14.3. The molecule has 12 heteroatoms. The van der Waals surface area contributed by atoms with E-state index in [1.807, 2.05) is 72.8 Å². The van der Waals surface area contributed by atoms with Crippen molar-refractivity contribution in [3.63, 3.8) is 0 Å². The highest BCUT2D eigenvalue weighted by Crippen LogP contribution is 2.40. The Hall–Kier alpha value is -8.12. The van der Waals surface area contributed by atoms with E-state index < -0.39 is 34.9 Å². The number of benzene rings is 5. The van der Waals surface area contributed by atoms with E-state index >= 15 is 0 Å². The summed E-state index contributed by atoms with van der Waals surface area (Å²) in [5.74, 6) is -8.19. The summed E-state index contributed by atoms with van der Waals surface area (Å²) in [7, 11) is 0. The normalized spacial score (nSPS) is 11.7. The number of halogens is 6. The quantitative estimate of drug-likeness (QED) is 0.123. The van der Waals surface area contributed by atoms with Crippen molar-refractivity contribution < 1.29 is 35.2 Å². The van der Waals surface area contributed by atoms with Gasteiger partial charge in [0.25, 0.3) is 0 Å². The van der Waals surface area contributed by atoms with E-state index in [0.29, 0.717) is 44.8 Å². The fourth-order valence-electron chi connectivity index (χ4n) is 7.84. The Morgan fingerprint density at radius 1 is 0.339 bits per heavy atom. The van der Waals surface area contributed by atoms with Gasteiger partial charge >= 0.3 is 0 Å². The Morgan fingerprint density at radius 2 is 0.710 bits per heavy atom. The predicted molar refractivity (Wildman–Crippen MR) is 225 cm³/mol. The number of furan rings is 2. The largest absolute Gasteiger partial charge is 0.454 e. The molecule has 0 fully saturated rings. The van der Waals surface area contributed by atoms with Gasteiger partial charge in [-0.1, -0.05) is 48.5 Å². The lowest BCUT2D eigenvalue weighted by Gasteiger charge is -2.06. The first-order valence-corrected chi connectivity index (χ1v) is 19.1. The molecule has 0 N–H and O–H groups in total. The summed E-state index contributed by atoms with van der Waals surface area (Å²) >= 11 is 0. The van der Waals surface area contributed by atoms with E-state index in [9.17, 15) is 26.3 Å². The zero-order valence-electron chi connectivity index (χ0n) is 31.7. The molecule has 6 heterocycles. The van der Waals surface area contributed by atoms with Crippen LogP contribution in [0.1, 0.15) is 0 Å². The number of aromatic nitrogens is 4. The molecule has 0 unspecified atom stereocenters. The third-order valence-electron chi connectivity index (χ3n) is 11.0. The lowest BCUT2D eigenvalue weighted by Crippen LogP contribution is -1.93. The van der Waals surface area contributed by atoms with E-state index in [1.165, 1.54) is 0 Å². The highest BCUT2D eigenvalue weighted by atomic mass is 19.2. The highest BCUT2D eigenvalue weighted by Gasteiger charge is 2.19. The number of rotatable bonds is 6. The van der Waals surface area contributed by atoms with Crippen molar-refractivity contribution in [3.8, 4) is 67.0 Å². The lowest BCUT2D eigenvalue weighted by molar-refractivity contribution is 0.447. The molecule has 0 amide bonds. The molecule has 0 aliphatic heterocycles. The molecule has 11 rings (SSSR count). The van der Waals surface area contributed by atoms with Crippen LogP contribution in [0.3, 0.4) is 0 Å². The molecule has 6 aromatic heterocycles. The number of hydrogen-bond donors (Lipinski definition) is 0. The van der Waals surface area contributed by atoms with Crippen molar-refractivity contribution in [2.24, 2.45) is 0 Å². The number of hydrogen-bond acceptors (Lipinski definition) is 6. The van der Waals surface area contributed by atoms with Gasteiger partial charge in [0.05, 0.1) is 11.4 Å². The minimum atomic E-state index is -1.53. The maximum absolute atomic E-state index is 13.9. The molecular formula is C50H24F6N4O2. The van der Waals surface area contributed by atoms with Gasteiger partial charge in [0.1, 0.15) is 22.2 Å². The number of fused-ring (bicyclic) bond motifs is 6. The smallest absolute Gasteiger partial charge is 0.194 e. The fourth-order valence-corrected chi connectivity index (χ4v) is 7.84. The first kappa shape index (κ1) is 36.9. The monoisotopic (exact) mass is 826 g/mol. The van der Waals surface area contributed by atoms with Crippen LogP contribution in [0.2, 0.25) is 0 Å². The summed E-state index contributed by atoms with van der Waals surface area (Å²) < 4.78 is 95.2.